The number of aromatic carboxylic acids is 1. The van der Waals surface area contributed by atoms with Crippen molar-refractivity contribution in [2.75, 3.05) is 19.5 Å². The molecular weight excluding hydrogens is 319 g/mol. The van der Waals surface area contributed by atoms with Gasteiger partial charge in [-0.2, -0.15) is 0 Å². The lowest BCUT2D eigenvalue weighted by Crippen LogP contribution is -2.15. The highest BCUT2D eigenvalue weighted by Crippen LogP contribution is 2.34. The molecular formula is C13H13FO5S2. The predicted molar refractivity (Wildman–Crippen MR) is 78.1 cm³/mol. The number of carboxylic acids is 1. The first-order valence-corrected chi connectivity index (χ1v) is 8.62. The van der Waals surface area contributed by atoms with Gasteiger partial charge in [0.1, 0.15) is 10.7 Å². The summed E-state index contributed by atoms with van der Waals surface area (Å²) in [6.07, 6.45) is 0. The van der Waals surface area contributed by atoms with Gasteiger partial charge in [-0.25, -0.2) is 17.6 Å². The highest BCUT2D eigenvalue weighted by atomic mass is 32.2. The van der Waals surface area contributed by atoms with Crippen LogP contribution < -0.4 is 0 Å². The molecule has 1 aromatic carbocycles. The number of rotatable bonds is 6. The Kier molecular flexibility index (Phi) is 4.60. The molecule has 0 radical (unpaired) electrons. The van der Waals surface area contributed by atoms with Gasteiger partial charge in [-0.15, -0.1) is 11.3 Å². The van der Waals surface area contributed by atoms with E-state index in [-0.39, 0.29) is 28.2 Å². The fraction of sp³-hybridized carbons (Fsp3) is 0.308. The number of fused-ring (bicyclic) bond motifs is 1. The van der Waals surface area contributed by atoms with Gasteiger partial charge in [0.25, 0.3) is 0 Å². The van der Waals surface area contributed by atoms with Gasteiger partial charge in [0.15, 0.2) is 9.84 Å². The van der Waals surface area contributed by atoms with Crippen molar-refractivity contribution in [1.29, 1.82) is 0 Å². The highest BCUT2D eigenvalue weighted by molar-refractivity contribution is 7.90. The first-order valence-electron chi connectivity index (χ1n) is 5.98. The van der Waals surface area contributed by atoms with Crippen LogP contribution >= 0.6 is 11.3 Å². The minimum Gasteiger partial charge on any atom is -0.477 e. The van der Waals surface area contributed by atoms with Crippen LogP contribution in [0.3, 0.4) is 0 Å². The number of hydrogen-bond donors (Lipinski definition) is 1. The lowest BCUT2D eigenvalue weighted by atomic mass is 10.1. The van der Waals surface area contributed by atoms with Gasteiger partial charge in [-0.3, -0.25) is 0 Å². The average molecular weight is 332 g/mol. The zero-order chi connectivity index (χ0) is 15.6. The second-order valence-electron chi connectivity index (χ2n) is 4.41. The molecule has 0 fully saturated rings. The van der Waals surface area contributed by atoms with Gasteiger partial charge < -0.3 is 9.84 Å². The summed E-state index contributed by atoms with van der Waals surface area (Å²) in [6, 6.07) is 4.22. The molecule has 5 nitrogen and oxygen atoms in total. The van der Waals surface area contributed by atoms with E-state index in [9.17, 15) is 22.7 Å². The van der Waals surface area contributed by atoms with Crippen molar-refractivity contribution in [3.8, 4) is 0 Å². The van der Waals surface area contributed by atoms with Crippen LogP contribution in [-0.2, 0) is 20.3 Å². The Morgan fingerprint density at radius 3 is 2.76 bits per heavy atom. The molecule has 1 heterocycles. The molecule has 0 spiro atoms. The maximum atomic E-state index is 13.9. The quantitative estimate of drug-likeness (QED) is 0.878. The lowest BCUT2D eigenvalue weighted by Gasteiger charge is -2.05. The molecule has 0 aliphatic heterocycles. The standard InChI is InChI=1S/C13H13FO5S2/c1-19-5-6-21(17,18)7-8-11-9(14)3-2-4-10(11)20-12(8)13(15)16/h2-4H,5-7H2,1H3,(H,15,16). The summed E-state index contributed by atoms with van der Waals surface area (Å²) in [7, 11) is -2.21. The first-order chi connectivity index (χ1) is 9.85. The number of sulfone groups is 1. The molecule has 0 saturated carbocycles. The molecule has 0 aliphatic rings. The summed E-state index contributed by atoms with van der Waals surface area (Å²) in [6.45, 7) is 0.00922. The van der Waals surface area contributed by atoms with Crippen molar-refractivity contribution in [2.24, 2.45) is 0 Å². The van der Waals surface area contributed by atoms with Crippen LogP contribution in [0.2, 0.25) is 0 Å². The molecule has 0 unspecified atom stereocenters. The van der Waals surface area contributed by atoms with E-state index in [2.05, 4.69) is 0 Å². The molecule has 0 aliphatic carbocycles. The molecule has 1 aromatic heterocycles. The van der Waals surface area contributed by atoms with E-state index in [1.807, 2.05) is 0 Å². The van der Waals surface area contributed by atoms with Crippen LogP contribution in [0.1, 0.15) is 15.2 Å². The van der Waals surface area contributed by atoms with Crippen molar-refractivity contribution in [1.82, 2.24) is 0 Å². The average Bonchev–Trinajstić information content (AvgIpc) is 2.76. The van der Waals surface area contributed by atoms with Crippen LogP contribution in [-0.4, -0.2) is 39.0 Å². The molecule has 0 amide bonds. The van der Waals surface area contributed by atoms with Crippen LogP contribution in [0.25, 0.3) is 10.1 Å². The molecule has 0 bridgehead atoms. The number of carbonyl (C=O) groups is 1. The van der Waals surface area contributed by atoms with E-state index in [4.69, 9.17) is 4.74 Å². The summed E-state index contributed by atoms with van der Waals surface area (Å²) >= 11 is 0.875. The smallest absolute Gasteiger partial charge is 0.346 e. The predicted octanol–water partition coefficient (Wildman–Crippen LogP) is 2.30. The first kappa shape index (κ1) is 15.9. The van der Waals surface area contributed by atoms with Gasteiger partial charge >= 0.3 is 5.97 Å². The zero-order valence-electron chi connectivity index (χ0n) is 11.1. The second kappa shape index (κ2) is 6.08. The SMILES string of the molecule is COCCS(=O)(=O)Cc1c(C(=O)O)sc2cccc(F)c12. The van der Waals surface area contributed by atoms with Crippen molar-refractivity contribution in [3.05, 3.63) is 34.5 Å². The molecule has 0 saturated heterocycles. The number of benzene rings is 1. The Morgan fingerprint density at radius 1 is 1.43 bits per heavy atom. The van der Waals surface area contributed by atoms with Crippen molar-refractivity contribution >= 4 is 37.2 Å². The highest BCUT2D eigenvalue weighted by Gasteiger charge is 2.24. The van der Waals surface area contributed by atoms with E-state index in [1.165, 1.54) is 19.2 Å². The van der Waals surface area contributed by atoms with Crippen molar-refractivity contribution < 1.29 is 27.4 Å². The monoisotopic (exact) mass is 332 g/mol. The summed E-state index contributed by atoms with van der Waals surface area (Å²) < 4.78 is 43.1. The Bertz CT molecular complexity index is 779. The van der Waals surface area contributed by atoms with E-state index >= 15 is 0 Å². The van der Waals surface area contributed by atoms with Gasteiger partial charge in [-0.1, -0.05) is 6.07 Å². The van der Waals surface area contributed by atoms with Gasteiger partial charge in [0.2, 0.25) is 0 Å². The van der Waals surface area contributed by atoms with Crippen LogP contribution in [0.4, 0.5) is 4.39 Å². The minimum atomic E-state index is -3.58. The van der Waals surface area contributed by atoms with Crippen LogP contribution in [0, 0.1) is 5.82 Å². The number of halogens is 1. The summed E-state index contributed by atoms with van der Waals surface area (Å²) in [4.78, 5) is 11.1. The third-order valence-corrected chi connectivity index (χ3v) is 5.62. The molecule has 2 aromatic rings. The third kappa shape index (κ3) is 3.39. The lowest BCUT2D eigenvalue weighted by molar-refractivity contribution is 0.0701. The number of carboxylic acid groups (broad SMARTS) is 1. The summed E-state index contributed by atoms with van der Waals surface area (Å²) in [5.41, 5.74) is 0.0108. The fourth-order valence-electron chi connectivity index (χ4n) is 1.98. The summed E-state index contributed by atoms with van der Waals surface area (Å²) in [5, 5.41) is 9.27. The van der Waals surface area contributed by atoms with Crippen molar-refractivity contribution in [2.45, 2.75) is 5.75 Å². The Hall–Kier alpha value is -1.51. The zero-order valence-corrected chi connectivity index (χ0v) is 12.8. The Balaban J connectivity index is 2.56. The Labute approximate surface area is 124 Å². The normalized spacial score (nSPS) is 11.9. The van der Waals surface area contributed by atoms with E-state index < -0.39 is 27.4 Å². The topological polar surface area (TPSA) is 80.7 Å². The minimum absolute atomic E-state index is 0.00922. The molecule has 2 rings (SSSR count). The third-order valence-electron chi connectivity index (χ3n) is 2.92. The van der Waals surface area contributed by atoms with E-state index in [0.29, 0.717) is 4.70 Å². The summed E-state index contributed by atoms with van der Waals surface area (Å²) in [5.74, 6) is -2.63. The Morgan fingerprint density at radius 2 is 2.14 bits per heavy atom. The van der Waals surface area contributed by atoms with Gasteiger partial charge in [0.05, 0.1) is 18.1 Å². The number of ether oxygens (including phenoxy) is 1. The van der Waals surface area contributed by atoms with Gasteiger partial charge in [-0.05, 0) is 12.1 Å². The molecule has 0 atom stereocenters. The molecule has 1 N–H and O–H groups in total. The largest absolute Gasteiger partial charge is 0.477 e. The van der Waals surface area contributed by atoms with E-state index in [1.54, 1.807) is 6.07 Å². The fourth-order valence-corrected chi connectivity index (χ4v) is 4.44. The van der Waals surface area contributed by atoms with Crippen LogP contribution in [0.5, 0.6) is 0 Å². The van der Waals surface area contributed by atoms with E-state index in [0.717, 1.165) is 11.3 Å². The number of thiophene rings is 1. The maximum absolute atomic E-state index is 13.9. The molecule has 8 heteroatoms. The van der Waals surface area contributed by atoms with Gasteiger partial charge in [0, 0.05) is 22.8 Å². The molecule has 21 heavy (non-hydrogen) atoms. The van der Waals surface area contributed by atoms with Crippen molar-refractivity contribution in [3.63, 3.8) is 0 Å². The molecule has 114 valence electrons. The second-order valence-corrected chi connectivity index (χ2v) is 7.65. The number of methoxy groups -OCH3 is 1. The number of hydrogen-bond acceptors (Lipinski definition) is 5. The maximum Gasteiger partial charge on any atom is 0.346 e. The van der Waals surface area contributed by atoms with Crippen LogP contribution in [0.15, 0.2) is 18.2 Å².